The third-order valence-electron chi connectivity index (χ3n) is 3.39. The molecule has 0 fully saturated rings. The quantitative estimate of drug-likeness (QED) is 0.844. The first-order chi connectivity index (χ1) is 9.88. The van der Waals surface area contributed by atoms with E-state index in [4.69, 9.17) is 4.74 Å². The largest absolute Gasteiger partial charge is 0.383 e. The molecule has 1 aromatic carbocycles. The second-order valence-electron chi connectivity index (χ2n) is 4.69. The molecule has 2 heterocycles. The Labute approximate surface area is 118 Å². The van der Waals surface area contributed by atoms with Crippen molar-refractivity contribution in [2.75, 3.05) is 37.0 Å². The van der Waals surface area contributed by atoms with Crippen molar-refractivity contribution in [2.24, 2.45) is 0 Å². The second kappa shape index (κ2) is 5.88. The van der Waals surface area contributed by atoms with Crippen LogP contribution in [0.2, 0.25) is 0 Å². The van der Waals surface area contributed by atoms with Crippen molar-refractivity contribution in [3.05, 3.63) is 42.1 Å². The summed E-state index contributed by atoms with van der Waals surface area (Å²) in [5.74, 6) is 1.58. The van der Waals surface area contributed by atoms with Gasteiger partial charge in [0.2, 0.25) is 5.95 Å². The summed E-state index contributed by atoms with van der Waals surface area (Å²) in [4.78, 5) is 11.0. The molecule has 1 aromatic heterocycles. The monoisotopic (exact) mass is 270 g/mol. The molecule has 0 bridgehead atoms. The van der Waals surface area contributed by atoms with Crippen LogP contribution in [0.5, 0.6) is 0 Å². The number of para-hydroxylation sites is 1. The Balaban J connectivity index is 1.79. The zero-order valence-corrected chi connectivity index (χ0v) is 11.5. The highest BCUT2D eigenvalue weighted by atomic mass is 16.5. The van der Waals surface area contributed by atoms with Gasteiger partial charge in [0, 0.05) is 32.1 Å². The first-order valence-corrected chi connectivity index (χ1v) is 6.80. The van der Waals surface area contributed by atoms with E-state index in [-0.39, 0.29) is 0 Å². The third-order valence-corrected chi connectivity index (χ3v) is 3.39. The zero-order valence-electron chi connectivity index (χ0n) is 11.5. The van der Waals surface area contributed by atoms with E-state index < -0.39 is 0 Å². The van der Waals surface area contributed by atoms with Gasteiger partial charge >= 0.3 is 0 Å². The standard InChI is InChI=1S/C15H18N4O/c1-20-11-9-17-15-16-8-6-14(18-15)19-10-7-12-4-2-3-5-13(12)19/h2-6,8H,7,9-11H2,1H3,(H,16,17,18). The minimum Gasteiger partial charge on any atom is -0.383 e. The maximum atomic E-state index is 5.01. The van der Waals surface area contributed by atoms with Gasteiger partial charge in [-0.2, -0.15) is 4.98 Å². The summed E-state index contributed by atoms with van der Waals surface area (Å²) >= 11 is 0. The normalized spacial score (nSPS) is 13.3. The van der Waals surface area contributed by atoms with E-state index >= 15 is 0 Å². The van der Waals surface area contributed by atoms with Crippen molar-refractivity contribution < 1.29 is 4.74 Å². The summed E-state index contributed by atoms with van der Waals surface area (Å²) in [6.07, 6.45) is 2.85. The van der Waals surface area contributed by atoms with E-state index in [0.29, 0.717) is 19.1 Å². The highest BCUT2D eigenvalue weighted by Gasteiger charge is 2.20. The molecular weight excluding hydrogens is 252 g/mol. The highest BCUT2D eigenvalue weighted by Crippen LogP contribution is 2.33. The summed E-state index contributed by atoms with van der Waals surface area (Å²) < 4.78 is 5.01. The summed E-state index contributed by atoms with van der Waals surface area (Å²) in [5.41, 5.74) is 2.62. The molecule has 20 heavy (non-hydrogen) atoms. The maximum absolute atomic E-state index is 5.01. The summed E-state index contributed by atoms with van der Waals surface area (Å²) in [5, 5.41) is 3.16. The van der Waals surface area contributed by atoms with Crippen LogP contribution in [-0.4, -0.2) is 36.8 Å². The number of nitrogens with one attached hydrogen (secondary N) is 1. The Morgan fingerprint density at radius 2 is 2.20 bits per heavy atom. The first-order valence-electron chi connectivity index (χ1n) is 6.80. The topological polar surface area (TPSA) is 50.3 Å². The van der Waals surface area contributed by atoms with Crippen molar-refractivity contribution in [3.63, 3.8) is 0 Å². The molecule has 0 unspecified atom stereocenters. The van der Waals surface area contributed by atoms with Crippen LogP contribution in [0.1, 0.15) is 5.56 Å². The number of benzene rings is 1. The van der Waals surface area contributed by atoms with Gasteiger partial charge in [-0.3, -0.25) is 0 Å². The minimum absolute atomic E-state index is 0.639. The SMILES string of the molecule is COCCNc1nccc(N2CCc3ccccc32)n1. The fourth-order valence-corrected chi connectivity index (χ4v) is 2.43. The molecule has 1 aliphatic heterocycles. The van der Waals surface area contributed by atoms with E-state index in [9.17, 15) is 0 Å². The Hall–Kier alpha value is -2.14. The summed E-state index contributed by atoms with van der Waals surface area (Å²) in [6, 6.07) is 10.4. The Kier molecular flexibility index (Phi) is 3.78. The number of aromatic nitrogens is 2. The van der Waals surface area contributed by atoms with Gasteiger partial charge in [-0.25, -0.2) is 4.98 Å². The van der Waals surface area contributed by atoms with Gasteiger partial charge in [0.15, 0.2) is 0 Å². The van der Waals surface area contributed by atoms with Crippen LogP contribution in [0.3, 0.4) is 0 Å². The van der Waals surface area contributed by atoms with Crippen molar-refractivity contribution in [3.8, 4) is 0 Å². The fourth-order valence-electron chi connectivity index (χ4n) is 2.43. The van der Waals surface area contributed by atoms with Crippen LogP contribution in [-0.2, 0) is 11.2 Å². The van der Waals surface area contributed by atoms with Crippen LogP contribution in [0, 0.1) is 0 Å². The molecule has 0 aliphatic carbocycles. The van der Waals surface area contributed by atoms with Gasteiger partial charge in [-0.15, -0.1) is 0 Å². The van der Waals surface area contributed by atoms with E-state index in [1.165, 1.54) is 11.3 Å². The van der Waals surface area contributed by atoms with Crippen molar-refractivity contribution in [1.82, 2.24) is 9.97 Å². The molecule has 1 aliphatic rings. The van der Waals surface area contributed by atoms with Crippen LogP contribution < -0.4 is 10.2 Å². The van der Waals surface area contributed by atoms with E-state index in [2.05, 4.69) is 44.5 Å². The van der Waals surface area contributed by atoms with E-state index in [1.54, 1.807) is 13.3 Å². The van der Waals surface area contributed by atoms with Gasteiger partial charge in [0.25, 0.3) is 0 Å². The Morgan fingerprint density at radius 3 is 3.10 bits per heavy atom. The maximum Gasteiger partial charge on any atom is 0.224 e. The van der Waals surface area contributed by atoms with Gasteiger partial charge in [0.05, 0.1) is 6.61 Å². The molecule has 5 nitrogen and oxygen atoms in total. The molecule has 0 atom stereocenters. The average molecular weight is 270 g/mol. The molecular formula is C15H18N4O. The smallest absolute Gasteiger partial charge is 0.224 e. The number of hydrogen-bond acceptors (Lipinski definition) is 5. The molecule has 3 rings (SSSR count). The van der Waals surface area contributed by atoms with Crippen molar-refractivity contribution >= 4 is 17.5 Å². The fraction of sp³-hybridized carbons (Fsp3) is 0.333. The molecule has 0 amide bonds. The van der Waals surface area contributed by atoms with E-state index in [0.717, 1.165) is 18.8 Å². The first kappa shape index (κ1) is 12.9. The van der Waals surface area contributed by atoms with E-state index in [1.807, 2.05) is 6.07 Å². The number of anilines is 3. The van der Waals surface area contributed by atoms with Crippen molar-refractivity contribution in [2.45, 2.75) is 6.42 Å². The number of methoxy groups -OCH3 is 1. The lowest BCUT2D eigenvalue weighted by atomic mass is 10.2. The number of ether oxygens (including phenoxy) is 1. The summed E-state index contributed by atoms with van der Waals surface area (Å²) in [7, 11) is 1.68. The predicted molar refractivity (Wildman–Crippen MR) is 79.5 cm³/mol. The lowest BCUT2D eigenvalue weighted by Crippen LogP contribution is -2.17. The van der Waals surface area contributed by atoms with Gasteiger partial charge < -0.3 is 15.0 Å². The van der Waals surface area contributed by atoms with Crippen LogP contribution in [0.15, 0.2) is 36.5 Å². The molecule has 2 aromatic rings. The second-order valence-corrected chi connectivity index (χ2v) is 4.69. The van der Waals surface area contributed by atoms with Crippen LogP contribution in [0.25, 0.3) is 0 Å². The third kappa shape index (κ3) is 2.58. The Morgan fingerprint density at radius 1 is 1.30 bits per heavy atom. The van der Waals surface area contributed by atoms with Crippen LogP contribution in [0.4, 0.5) is 17.5 Å². The molecule has 0 saturated heterocycles. The zero-order chi connectivity index (χ0) is 13.8. The van der Waals surface area contributed by atoms with Gasteiger partial charge in [-0.1, -0.05) is 18.2 Å². The molecule has 104 valence electrons. The summed E-state index contributed by atoms with van der Waals surface area (Å²) in [6.45, 7) is 2.31. The van der Waals surface area contributed by atoms with Gasteiger partial charge in [0.1, 0.15) is 5.82 Å². The average Bonchev–Trinajstić information content (AvgIpc) is 2.92. The molecule has 0 radical (unpaired) electrons. The lowest BCUT2D eigenvalue weighted by Gasteiger charge is -2.18. The Bertz CT molecular complexity index is 588. The van der Waals surface area contributed by atoms with Gasteiger partial charge in [-0.05, 0) is 24.1 Å². The molecule has 1 N–H and O–H groups in total. The van der Waals surface area contributed by atoms with Crippen LogP contribution >= 0.6 is 0 Å². The molecule has 0 saturated carbocycles. The lowest BCUT2D eigenvalue weighted by molar-refractivity contribution is 0.210. The predicted octanol–water partition coefficient (Wildman–Crippen LogP) is 2.23. The number of fused-ring (bicyclic) bond motifs is 1. The van der Waals surface area contributed by atoms with Crippen molar-refractivity contribution in [1.29, 1.82) is 0 Å². The highest BCUT2D eigenvalue weighted by molar-refractivity contribution is 5.67. The minimum atomic E-state index is 0.639. The number of rotatable bonds is 5. The number of nitrogens with zero attached hydrogens (tertiary/aromatic N) is 3. The molecule has 0 spiro atoms. The number of hydrogen-bond donors (Lipinski definition) is 1. The molecule has 5 heteroatoms.